The molecule has 0 aliphatic heterocycles. The molecule has 3 rings (SSSR count). The molecule has 0 saturated heterocycles. The molecule has 0 aromatic heterocycles. The Morgan fingerprint density at radius 2 is 1.83 bits per heavy atom. The Morgan fingerprint density at radius 3 is 2.43 bits per heavy atom. The van der Waals surface area contributed by atoms with Gasteiger partial charge in [-0.25, -0.2) is 0 Å². The van der Waals surface area contributed by atoms with E-state index >= 15 is 0 Å². The number of nitrogens with one attached hydrogen (secondary N) is 1. The van der Waals surface area contributed by atoms with Crippen molar-refractivity contribution in [2.24, 2.45) is 0 Å². The standard InChI is InChI=1S/C28H21F3N4O7/c1-3-6-18-11-17(12-19(16-32)27(36)33-21-8-5-7-20(14-21)28(29,30)31)13-25(41-4-2)26(18)42-24-10-9-22(34(37)38)15-23(24)35(39)40/h3,5,7-15H,1,4,6H2,2H3,(H,33,36)/b19-12+. The van der Waals surface area contributed by atoms with Gasteiger partial charge in [0.25, 0.3) is 11.6 Å². The fourth-order valence-corrected chi connectivity index (χ4v) is 3.70. The molecule has 0 radical (unpaired) electrons. The number of nitriles is 1. The summed E-state index contributed by atoms with van der Waals surface area (Å²) in [6, 6.07) is 11.4. The largest absolute Gasteiger partial charge is 0.490 e. The fourth-order valence-electron chi connectivity index (χ4n) is 3.70. The Labute approximate surface area is 236 Å². The predicted octanol–water partition coefficient (Wildman–Crippen LogP) is 6.99. The molecule has 0 aliphatic rings. The molecule has 3 aromatic rings. The highest BCUT2D eigenvalue weighted by Crippen LogP contribution is 2.41. The van der Waals surface area contributed by atoms with E-state index in [1.807, 2.05) is 0 Å². The van der Waals surface area contributed by atoms with Crippen LogP contribution in [0.2, 0.25) is 0 Å². The van der Waals surface area contributed by atoms with Gasteiger partial charge in [-0.1, -0.05) is 12.1 Å². The van der Waals surface area contributed by atoms with Crippen molar-refractivity contribution in [3.8, 4) is 23.3 Å². The average molecular weight is 582 g/mol. The number of hydrogen-bond donors (Lipinski definition) is 1. The summed E-state index contributed by atoms with van der Waals surface area (Å²) in [7, 11) is 0. The van der Waals surface area contributed by atoms with E-state index in [0.717, 1.165) is 36.4 Å². The van der Waals surface area contributed by atoms with E-state index in [9.17, 15) is 43.5 Å². The fraction of sp³-hybridized carbons (Fsp3) is 0.143. The van der Waals surface area contributed by atoms with Gasteiger partial charge in [0.15, 0.2) is 11.5 Å². The summed E-state index contributed by atoms with van der Waals surface area (Å²) in [6.07, 6.45) is -1.84. The van der Waals surface area contributed by atoms with Gasteiger partial charge in [0.2, 0.25) is 5.75 Å². The van der Waals surface area contributed by atoms with Crippen molar-refractivity contribution in [1.82, 2.24) is 0 Å². The molecule has 11 nitrogen and oxygen atoms in total. The lowest BCUT2D eigenvalue weighted by Gasteiger charge is -2.17. The summed E-state index contributed by atoms with van der Waals surface area (Å²) >= 11 is 0. The Bertz CT molecular complexity index is 1630. The lowest BCUT2D eigenvalue weighted by molar-refractivity contribution is -0.394. The summed E-state index contributed by atoms with van der Waals surface area (Å²) < 4.78 is 50.6. The molecule has 0 atom stereocenters. The Balaban J connectivity index is 2.04. The zero-order chi connectivity index (χ0) is 31.0. The van der Waals surface area contributed by atoms with Gasteiger partial charge in [-0.05, 0) is 61.4 Å². The molecule has 0 heterocycles. The van der Waals surface area contributed by atoms with Crippen LogP contribution in [0, 0.1) is 31.6 Å². The highest BCUT2D eigenvalue weighted by molar-refractivity contribution is 6.09. The monoisotopic (exact) mass is 582 g/mol. The van der Waals surface area contributed by atoms with Gasteiger partial charge in [-0.2, -0.15) is 18.4 Å². The summed E-state index contributed by atoms with van der Waals surface area (Å²) in [5.74, 6) is -1.19. The number of anilines is 1. The Morgan fingerprint density at radius 1 is 1.10 bits per heavy atom. The quantitative estimate of drug-likeness (QED) is 0.0833. The Kier molecular flexibility index (Phi) is 9.61. The van der Waals surface area contributed by atoms with Gasteiger partial charge >= 0.3 is 11.9 Å². The number of carbonyl (C=O) groups is 1. The third-order valence-electron chi connectivity index (χ3n) is 5.50. The highest BCUT2D eigenvalue weighted by Gasteiger charge is 2.30. The minimum absolute atomic E-state index is 0.0257. The van der Waals surface area contributed by atoms with Crippen molar-refractivity contribution in [3.63, 3.8) is 0 Å². The maximum absolute atomic E-state index is 13.0. The number of benzene rings is 3. The summed E-state index contributed by atoms with van der Waals surface area (Å²) in [6.45, 7) is 5.43. The van der Waals surface area contributed by atoms with Crippen molar-refractivity contribution < 1.29 is 37.3 Å². The van der Waals surface area contributed by atoms with E-state index in [2.05, 4.69) is 11.9 Å². The van der Waals surface area contributed by atoms with Gasteiger partial charge in [0.05, 0.1) is 28.1 Å². The lowest BCUT2D eigenvalue weighted by Crippen LogP contribution is -2.14. The van der Waals surface area contributed by atoms with Gasteiger partial charge < -0.3 is 14.8 Å². The van der Waals surface area contributed by atoms with Crippen LogP contribution >= 0.6 is 0 Å². The zero-order valence-corrected chi connectivity index (χ0v) is 21.8. The highest BCUT2D eigenvalue weighted by atomic mass is 19.4. The number of allylic oxidation sites excluding steroid dienone is 1. The van der Waals surface area contributed by atoms with Crippen LogP contribution in [0.1, 0.15) is 23.6 Å². The van der Waals surface area contributed by atoms with Crippen LogP contribution in [0.5, 0.6) is 17.2 Å². The second-order valence-corrected chi connectivity index (χ2v) is 8.40. The molecule has 3 aromatic carbocycles. The number of hydrogen-bond acceptors (Lipinski definition) is 8. The second-order valence-electron chi connectivity index (χ2n) is 8.40. The molecule has 0 bridgehead atoms. The molecule has 0 fully saturated rings. The van der Waals surface area contributed by atoms with Gasteiger partial charge in [-0.3, -0.25) is 25.0 Å². The number of nitro groups is 2. The van der Waals surface area contributed by atoms with Crippen LogP contribution in [0.4, 0.5) is 30.2 Å². The van der Waals surface area contributed by atoms with Crippen LogP contribution < -0.4 is 14.8 Å². The average Bonchev–Trinajstić information content (AvgIpc) is 2.93. The molecule has 216 valence electrons. The molecule has 0 unspecified atom stereocenters. The first-order chi connectivity index (χ1) is 19.9. The van der Waals surface area contributed by atoms with Crippen LogP contribution in [-0.4, -0.2) is 22.4 Å². The maximum Gasteiger partial charge on any atom is 0.416 e. The molecule has 0 saturated carbocycles. The number of halogens is 3. The molecular formula is C28H21F3N4O7. The third-order valence-corrected chi connectivity index (χ3v) is 5.50. The van der Waals surface area contributed by atoms with E-state index in [-0.39, 0.29) is 41.5 Å². The minimum atomic E-state index is -4.63. The minimum Gasteiger partial charge on any atom is -0.490 e. The van der Waals surface area contributed by atoms with Crippen LogP contribution in [0.3, 0.4) is 0 Å². The van der Waals surface area contributed by atoms with Crippen LogP contribution in [0.25, 0.3) is 6.08 Å². The first kappa shape index (κ1) is 30.8. The molecule has 1 N–H and O–H groups in total. The summed E-state index contributed by atoms with van der Waals surface area (Å²) in [5, 5.41) is 34.6. The van der Waals surface area contributed by atoms with Gasteiger partial charge in [0.1, 0.15) is 11.6 Å². The van der Waals surface area contributed by atoms with Crippen molar-refractivity contribution in [2.75, 3.05) is 11.9 Å². The molecule has 0 spiro atoms. The van der Waals surface area contributed by atoms with Crippen LogP contribution in [-0.2, 0) is 17.4 Å². The number of nitro benzene ring substituents is 2. The number of amides is 1. The molecule has 0 aliphatic carbocycles. The van der Waals surface area contributed by atoms with Gasteiger partial charge in [-0.15, -0.1) is 6.58 Å². The number of alkyl halides is 3. The molecule has 14 heteroatoms. The Hall–Kier alpha value is -5.71. The van der Waals surface area contributed by atoms with E-state index < -0.39 is 44.4 Å². The predicted molar refractivity (Wildman–Crippen MR) is 145 cm³/mol. The van der Waals surface area contributed by atoms with E-state index in [1.54, 1.807) is 13.0 Å². The van der Waals surface area contributed by atoms with Crippen molar-refractivity contribution in [1.29, 1.82) is 5.26 Å². The first-order valence-corrected chi connectivity index (χ1v) is 12.0. The van der Waals surface area contributed by atoms with Crippen molar-refractivity contribution >= 4 is 29.0 Å². The summed E-state index contributed by atoms with van der Waals surface area (Å²) in [4.78, 5) is 33.8. The lowest BCUT2D eigenvalue weighted by atomic mass is 10.0. The molecule has 1 amide bonds. The van der Waals surface area contributed by atoms with Crippen molar-refractivity contribution in [2.45, 2.75) is 19.5 Å². The normalized spacial score (nSPS) is 11.3. The summed E-state index contributed by atoms with van der Waals surface area (Å²) in [5.41, 5.74) is -2.16. The second kappa shape index (κ2) is 13.1. The maximum atomic E-state index is 13.0. The number of carbonyl (C=O) groups excluding carboxylic acids is 1. The topological polar surface area (TPSA) is 158 Å². The van der Waals surface area contributed by atoms with E-state index in [0.29, 0.717) is 5.56 Å². The third kappa shape index (κ3) is 7.48. The van der Waals surface area contributed by atoms with Crippen LogP contribution in [0.15, 0.2) is 72.8 Å². The number of rotatable bonds is 11. The van der Waals surface area contributed by atoms with E-state index in [1.165, 1.54) is 30.4 Å². The van der Waals surface area contributed by atoms with Gasteiger partial charge in [0, 0.05) is 17.3 Å². The molecule has 42 heavy (non-hydrogen) atoms. The first-order valence-electron chi connectivity index (χ1n) is 12.0. The number of nitrogens with zero attached hydrogens (tertiary/aromatic N) is 3. The van der Waals surface area contributed by atoms with E-state index in [4.69, 9.17) is 9.47 Å². The smallest absolute Gasteiger partial charge is 0.416 e. The van der Waals surface area contributed by atoms with Crippen molar-refractivity contribution in [3.05, 3.63) is 110 Å². The molecular weight excluding hydrogens is 561 g/mol. The SMILES string of the molecule is C=CCc1cc(/C=C(\C#N)C(=O)Nc2cccc(C(F)(F)F)c2)cc(OCC)c1Oc1ccc([N+](=O)[O-])cc1[N+](=O)[O-]. The number of non-ortho nitro benzene ring substituents is 1. The zero-order valence-electron chi connectivity index (χ0n) is 21.8. The number of ether oxygens (including phenoxy) is 2.